The van der Waals surface area contributed by atoms with Crippen molar-refractivity contribution in [1.82, 2.24) is 4.90 Å². The van der Waals surface area contributed by atoms with Crippen molar-refractivity contribution in [1.29, 1.82) is 0 Å². The molecule has 0 aromatic heterocycles. The van der Waals surface area contributed by atoms with Crippen molar-refractivity contribution in [3.8, 4) is 0 Å². The van der Waals surface area contributed by atoms with Crippen molar-refractivity contribution >= 4 is 24.1 Å². The van der Waals surface area contributed by atoms with Gasteiger partial charge in [0.25, 0.3) is 0 Å². The van der Waals surface area contributed by atoms with Gasteiger partial charge in [0.05, 0.1) is 19.1 Å². The van der Waals surface area contributed by atoms with Crippen molar-refractivity contribution in [2.24, 2.45) is 11.8 Å². The second kappa shape index (κ2) is 13.5. The van der Waals surface area contributed by atoms with Gasteiger partial charge in [-0.3, -0.25) is 4.79 Å². The fourth-order valence-corrected chi connectivity index (χ4v) is 4.00. The van der Waals surface area contributed by atoms with E-state index in [1.54, 1.807) is 62.3 Å². The summed E-state index contributed by atoms with van der Waals surface area (Å²) in [5, 5.41) is 0. The Morgan fingerprint density at radius 3 is 1.95 bits per heavy atom. The molecule has 1 heterocycles. The van der Waals surface area contributed by atoms with Crippen LogP contribution in [0.4, 0.5) is 9.59 Å². The largest absolute Gasteiger partial charge is 0.458 e. The molecular formula is C30H45NO9. The van der Waals surface area contributed by atoms with Gasteiger partial charge in [0.1, 0.15) is 23.4 Å². The first-order valence-electron chi connectivity index (χ1n) is 13.7. The summed E-state index contributed by atoms with van der Waals surface area (Å²) in [6.07, 6.45) is -3.41. The Morgan fingerprint density at radius 1 is 0.950 bits per heavy atom. The summed E-state index contributed by atoms with van der Waals surface area (Å²) in [4.78, 5) is 53.1. The molecule has 224 valence electrons. The summed E-state index contributed by atoms with van der Waals surface area (Å²) in [5.74, 6) is -2.14. The van der Waals surface area contributed by atoms with E-state index in [1.165, 1.54) is 0 Å². The molecule has 10 heteroatoms. The smallest absolute Gasteiger partial charge is 0.420 e. The predicted octanol–water partition coefficient (Wildman–Crippen LogP) is 5.22. The van der Waals surface area contributed by atoms with E-state index in [2.05, 4.69) is 0 Å². The van der Waals surface area contributed by atoms with Crippen molar-refractivity contribution < 1.29 is 42.9 Å². The van der Waals surface area contributed by atoms with Crippen LogP contribution in [0.25, 0.3) is 0 Å². The monoisotopic (exact) mass is 563 g/mol. The minimum absolute atomic E-state index is 0.0673. The molecule has 0 aliphatic carbocycles. The van der Waals surface area contributed by atoms with Crippen molar-refractivity contribution in [2.75, 3.05) is 13.2 Å². The Bertz CT molecular complexity index is 1010. The highest BCUT2D eigenvalue weighted by atomic mass is 16.6. The molecular weight excluding hydrogens is 518 g/mol. The molecule has 10 nitrogen and oxygen atoms in total. The number of amides is 2. The minimum atomic E-state index is -1.49. The molecule has 0 N–H and O–H groups in total. The van der Waals surface area contributed by atoms with Crippen molar-refractivity contribution in [3.05, 3.63) is 35.4 Å². The van der Waals surface area contributed by atoms with Crippen LogP contribution in [0, 0.1) is 18.8 Å². The number of esters is 2. The molecule has 1 fully saturated rings. The number of ether oxygens (including phenoxy) is 5. The Kier molecular flexibility index (Phi) is 11.1. The lowest BCUT2D eigenvalue weighted by atomic mass is 9.91. The van der Waals surface area contributed by atoms with Gasteiger partial charge in [-0.25, -0.2) is 14.4 Å². The number of benzene rings is 1. The van der Waals surface area contributed by atoms with Crippen LogP contribution in [-0.4, -0.2) is 71.7 Å². The van der Waals surface area contributed by atoms with Gasteiger partial charge in [-0.15, -0.1) is 0 Å². The van der Waals surface area contributed by atoms with E-state index in [0.29, 0.717) is 11.3 Å². The maximum absolute atomic E-state index is 13.5. The third-order valence-corrected chi connectivity index (χ3v) is 5.94. The fraction of sp³-hybridized carbons (Fsp3) is 0.667. The van der Waals surface area contributed by atoms with E-state index in [-0.39, 0.29) is 19.1 Å². The Hall–Kier alpha value is -3.14. The van der Waals surface area contributed by atoms with E-state index in [1.807, 2.05) is 31.2 Å². The average Bonchev–Trinajstić information content (AvgIpc) is 2.83. The van der Waals surface area contributed by atoms with Crippen LogP contribution in [0.5, 0.6) is 0 Å². The highest BCUT2D eigenvalue weighted by Gasteiger charge is 2.44. The summed E-state index contributed by atoms with van der Waals surface area (Å²) in [6.45, 7) is 16.6. The molecule has 1 aliphatic rings. The highest BCUT2D eigenvalue weighted by molar-refractivity contribution is 5.94. The maximum Gasteiger partial charge on any atom is 0.420 e. The molecule has 0 saturated carbocycles. The predicted molar refractivity (Wildman–Crippen MR) is 148 cm³/mol. The molecule has 1 saturated heterocycles. The number of cyclic esters (lactones) is 1. The van der Waals surface area contributed by atoms with E-state index in [4.69, 9.17) is 23.7 Å². The highest BCUT2D eigenvalue weighted by Crippen LogP contribution is 2.26. The molecule has 4 atom stereocenters. The third-order valence-electron chi connectivity index (χ3n) is 5.94. The van der Waals surface area contributed by atoms with Crippen molar-refractivity contribution in [3.63, 3.8) is 0 Å². The number of rotatable bonds is 5. The van der Waals surface area contributed by atoms with Crippen LogP contribution in [0.3, 0.4) is 0 Å². The van der Waals surface area contributed by atoms with Gasteiger partial charge in [-0.05, 0) is 67.4 Å². The Morgan fingerprint density at radius 2 is 1.48 bits per heavy atom. The van der Waals surface area contributed by atoms with Crippen molar-refractivity contribution in [2.45, 2.75) is 105 Å². The van der Waals surface area contributed by atoms with Gasteiger partial charge in [-0.2, -0.15) is 4.90 Å². The van der Waals surface area contributed by atoms with Gasteiger partial charge in [0.15, 0.2) is 6.04 Å². The number of hydrogen-bond donors (Lipinski definition) is 0. The standard InChI is InChI=1S/C30H45NO9/c1-18(2)25(32)38-24-20(4)37-26(33)23(17-36-16-22(24)15-21-13-11-19(3)12-14-21)31(27(34)39-29(5,6)7)28(35)40-30(8,9)10/h11-14,18,20,22-24H,15-17H2,1-10H3/t20-,22-,23-,24-/m0/s1. The van der Waals surface area contributed by atoms with E-state index in [0.717, 1.165) is 11.1 Å². The van der Waals surface area contributed by atoms with Crippen LogP contribution >= 0.6 is 0 Å². The number of hydrogen-bond acceptors (Lipinski definition) is 9. The number of imide groups is 1. The molecule has 0 bridgehead atoms. The quantitative estimate of drug-likeness (QED) is 0.351. The van der Waals surface area contributed by atoms with Crippen LogP contribution in [0.15, 0.2) is 24.3 Å². The summed E-state index contributed by atoms with van der Waals surface area (Å²) >= 11 is 0. The average molecular weight is 564 g/mol. The lowest BCUT2D eigenvalue weighted by Crippen LogP contribution is -2.54. The second-order valence-electron chi connectivity index (χ2n) is 12.5. The second-order valence-corrected chi connectivity index (χ2v) is 12.5. The first kappa shape index (κ1) is 33.1. The minimum Gasteiger partial charge on any atom is -0.458 e. The maximum atomic E-state index is 13.5. The fourth-order valence-electron chi connectivity index (χ4n) is 4.00. The molecule has 1 aromatic rings. The van der Waals surface area contributed by atoms with Crippen LogP contribution < -0.4 is 0 Å². The summed E-state index contributed by atoms with van der Waals surface area (Å²) in [7, 11) is 0. The zero-order valence-electron chi connectivity index (χ0n) is 25.4. The number of carbonyl (C=O) groups excluding carboxylic acids is 4. The van der Waals surface area contributed by atoms with Gasteiger partial charge >= 0.3 is 24.1 Å². The summed E-state index contributed by atoms with van der Waals surface area (Å²) in [5.41, 5.74) is 0.182. The SMILES string of the molecule is Cc1ccc(C[C@H]2COC[C@H](N(C(=O)OC(C)(C)C)C(=O)OC(C)(C)C)C(=O)O[C@@H](C)[C@@H]2OC(=O)C(C)C)cc1. The summed E-state index contributed by atoms with van der Waals surface area (Å²) in [6, 6.07) is 6.44. The Labute approximate surface area is 237 Å². The van der Waals surface area contributed by atoms with Crippen LogP contribution in [-0.2, 0) is 39.7 Å². The number of nitrogens with zero attached hydrogens (tertiary/aromatic N) is 1. The summed E-state index contributed by atoms with van der Waals surface area (Å²) < 4.78 is 28.4. The first-order valence-corrected chi connectivity index (χ1v) is 13.7. The van der Waals surface area contributed by atoms with E-state index in [9.17, 15) is 19.2 Å². The zero-order valence-corrected chi connectivity index (χ0v) is 25.4. The molecule has 0 radical (unpaired) electrons. The molecule has 1 aliphatic heterocycles. The molecule has 2 amide bonds. The molecule has 40 heavy (non-hydrogen) atoms. The first-order chi connectivity index (χ1) is 18.4. The topological polar surface area (TPSA) is 118 Å². The normalized spacial score (nSPS) is 22.3. The van der Waals surface area contributed by atoms with E-state index < -0.39 is 59.5 Å². The van der Waals surface area contributed by atoms with Gasteiger partial charge < -0.3 is 23.7 Å². The lowest BCUT2D eigenvalue weighted by molar-refractivity contribution is -0.174. The van der Waals surface area contributed by atoms with E-state index >= 15 is 0 Å². The Balaban J connectivity index is 2.45. The van der Waals surface area contributed by atoms with Gasteiger partial charge in [0.2, 0.25) is 0 Å². The number of carbonyl (C=O) groups is 4. The molecule has 0 unspecified atom stereocenters. The molecule has 2 rings (SSSR count). The van der Waals surface area contributed by atoms with Crippen LogP contribution in [0.2, 0.25) is 0 Å². The van der Waals surface area contributed by atoms with Crippen LogP contribution in [0.1, 0.15) is 73.4 Å². The third kappa shape index (κ3) is 10.1. The molecule has 0 spiro atoms. The zero-order chi connectivity index (χ0) is 30.4. The number of aryl methyl sites for hydroxylation is 1. The van der Waals surface area contributed by atoms with Gasteiger partial charge in [0, 0.05) is 5.92 Å². The molecule has 1 aromatic carbocycles. The van der Waals surface area contributed by atoms with Gasteiger partial charge in [-0.1, -0.05) is 43.7 Å². The lowest BCUT2D eigenvalue weighted by Gasteiger charge is -2.32.